The predicted octanol–water partition coefficient (Wildman–Crippen LogP) is 2.28. The number of hydrogen-bond donors (Lipinski definition) is 0. The van der Waals surface area contributed by atoms with Crippen molar-refractivity contribution in [1.29, 1.82) is 0 Å². The Morgan fingerprint density at radius 3 is 2.73 bits per heavy atom. The Hall–Kier alpha value is -2.02. The summed E-state index contributed by atoms with van der Waals surface area (Å²) in [6, 6.07) is 2.01. The summed E-state index contributed by atoms with van der Waals surface area (Å²) in [6.45, 7) is 7.24. The van der Waals surface area contributed by atoms with Gasteiger partial charge in [0.15, 0.2) is 0 Å². The molecule has 2 aromatic rings. The first-order valence-corrected chi connectivity index (χ1v) is 9.86. The Bertz CT molecular complexity index is 735. The second-order valence-electron chi connectivity index (χ2n) is 7.62. The van der Waals surface area contributed by atoms with E-state index in [9.17, 15) is 0 Å². The van der Waals surface area contributed by atoms with Crippen molar-refractivity contribution in [1.82, 2.24) is 29.6 Å². The molecule has 7 heteroatoms. The number of piperidine rings is 2. The Kier molecular flexibility index (Phi) is 5.15. The number of hydrogen-bond acceptors (Lipinski definition) is 6. The van der Waals surface area contributed by atoms with Crippen molar-refractivity contribution >= 4 is 5.82 Å². The molecule has 1 unspecified atom stereocenters. The van der Waals surface area contributed by atoms with Crippen molar-refractivity contribution in [3.8, 4) is 0 Å². The Labute approximate surface area is 155 Å². The quantitative estimate of drug-likeness (QED) is 0.838. The number of rotatable bonds is 4. The number of nitrogens with zero attached hydrogens (tertiary/aromatic N) is 7. The fraction of sp³-hybridized carbons (Fsp3) is 0.684. The molecule has 0 amide bonds. The van der Waals surface area contributed by atoms with Crippen LogP contribution >= 0.6 is 0 Å². The van der Waals surface area contributed by atoms with Crippen molar-refractivity contribution in [2.24, 2.45) is 7.05 Å². The first kappa shape index (κ1) is 17.4. The zero-order chi connectivity index (χ0) is 17.9. The molecule has 2 saturated heterocycles. The van der Waals surface area contributed by atoms with Crippen LogP contribution in [0.4, 0.5) is 5.82 Å². The molecule has 4 rings (SSSR count). The van der Waals surface area contributed by atoms with E-state index in [-0.39, 0.29) is 0 Å². The molecule has 2 fully saturated rings. The predicted molar refractivity (Wildman–Crippen MR) is 101 cm³/mol. The number of anilines is 1. The highest BCUT2D eigenvalue weighted by Crippen LogP contribution is 2.28. The van der Waals surface area contributed by atoms with Gasteiger partial charge in [0, 0.05) is 32.3 Å². The summed E-state index contributed by atoms with van der Waals surface area (Å²) < 4.78 is 2.23. The van der Waals surface area contributed by atoms with Crippen LogP contribution in [0.3, 0.4) is 0 Å². The third-order valence-electron chi connectivity index (χ3n) is 5.68. The van der Waals surface area contributed by atoms with Gasteiger partial charge >= 0.3 is 0 Å². The van der Waals surface area contributed by atoms with E-state index in [1.54, 1.807) is 0 Å². The lowest BCUT2D eigenvalue weighted by Crippen LogP contribution is -2.36. The zero-order valence-corrected chi connectivity index (χ0v) is 15.9. The van der Waals surface area contributed by atoms with Crippen LogP contribution in [0, 0.1) is 6.92 Å². The van der Waals surface area contributed by atoms with Crippen LogP contribution < -0.4 is 4.90 Å². The minimum atomic E-state index is 0.409. The van der Waals surface area contributed by atoms with Gasteiger partial charge in [0.25, 0.3) is 0 Å². The summed E-state index contributed by atoms with van der Waals surface area (Å²) >= 11 is 0. The molecule has 140 valence electrons. The summed E-state index contributed by atoms with van der Waals surface area (Å²) in [5.74, 6) is 4.47. The van der Waals surface area contributed by atoms with Gasteiger partial charge in [0.2, 0.25) is 0 Å². The van der Waals surface area contributed by atoms with E-state index >= 15 is 0 Å². The molecule has 4 heterocycles. The molecular weight excluding hydrogens is 326 g/mol. The standard InChI is InChI=1S/C19H29N7/c1-15-20-9-8-17(21-15)26-12-6-7-16(13-26)19-23-22-18(24(19)2)14-25-10-4-3-5-11-25/h8-9,16H,3-7,10-14H2,1-2H3. The molecule has 26 heavy (non-hydrogen) atoms. The molecule has 2 aromatic heterocycles. The third-order valence-corrected chi connectivity index (χ3v) is 5.68. The molecule has 0 spiro atoms. The van der Waals surface area contributed by atoms with Gasteiger partial charge in [-0.05, 0) is 51.8 Å². The van der Waals surface area contributed by atoms with E-state index in [0.717, 1.165) is 55.8 Å². The maximum atomic E-state index is 4.60. The van der Waals surface area contributed by atoms with E-state index in [1.807, 2.05) is 19.2 Å². The van der Waals surface area contributed by atoms with Gasteiger partial charge in [-0.25, -0.2) is 9.97 Å². The number of likely N-dealkylation sites (tertiary alicyclic amines) is 1. The van der Waals surface area contributed by atoms with E-state index in [1.165, 1.54) is 32.4 Å². The highest BCUT2D eigenvalue weighted by molar-refractivity contribution is 5.38. The maximum absolute atomic E-state index is 4.60. The molecule has 2 aliphatic rings. The summed E-state index contributed by atoms with van der Waals surface area (Å²) in [7, 11) is 2.13. The molecule has 0 saturated carbocycles. The van der Waals surface area contributed by atoms with Gasteiger partial charge in [-0.1, -0.05) is 6.42 Å². The van der Waals surface area contributed by atoms with E-state index in [4.69, 9.17) is 0 Å². The zero-order valence-electron chi connectivity index (χ0n) is 15.9. The Balaban J connectivity index is 1.46. The molecule has 7 nitrogen and oxygen atoms in total. The van der Waals surface area contributed by atoms with Crippen molar-refractivity contribution in [2.75, 3.05) is 31.1 Å². The first-order chi connectivity index (χ1) is 12.7. The monoisotopic (exact) mass is 355 g/mol. The third kappa shape index (κ3) is 3.72. The Morgan fingerprint density at radius 1 is 1.08 bits per heavy atom. The van der Waals surface area contributed by atoms with E-state index < -0.39 is 0 Å². The molecule has 2 aliphatic heterocycles. The van der Waals surface area contributed by atoms with Crippen molar-refractivity contribution in [3.63, 3.8) is 0 Å². The van der Waals surface area contributed by atoms with Crippen molar-refractivity contribution < 1.29 is 0 Å². The van der Waals surface area contributed by atoms with Gasteiger partial charge in [-0.3, -0.25) is 4.90 Å². The van der Waals surface area contributed by atoms with Crippen LogP contribution in [-0.2, 0) is 13.6 Å². The smallest absolute Gasteiger partial charge is 0.146 e. The summed E-state index contributed by atoms with van der Waals surface area (Å²) in [6.07, 6.45) is 8.14. The largest absolute Gasteiger partial charge is 0.356 e. The van der Waals surface area contributed by atoms with E-state index in [2.05, 4.69) is 41.6 Å². The normalized spacial score (nSPS) is 21.9. The lowest BCUT2D eigenvalue weighted by atomic mass is 9.97. The highest BCUT2D eigenvalue weighted by atomic mass is 15.3. The fourth-order valence-electron chi connectivity index (χ4n) is 4.20. The Morgan fingerprint density at radius 2 is 1.92 bits per heavy atom. The number of aryl methyl sites for hydroxylation is 1. The first-order valence-electron chi connectivity index (χ1n) is 9.86. The van der Waals surface area contributed by atoms with Gasteiger partial charge < -0.3 is 9.47 Å². The molecule has 0 bridgehead atoms. The molecule has 1 atom stereocenters. The minimum Gasteiger partial charge on any atom is -0.356 e. The van der Waals surface area contributed by atoms with Gasteiger partial charge in [-0.2, -0.15) is 0 Å². The topological polar surface area (TPSA) is 63.0 Å². The van der Waals surface area contributed by atoms with Gasteiger partial charge in [-0.15, -0.1) is 10.2 Å². The number of aromatic nitrogens is 5. The average molecular weight is 355 g/mol. The van der Waals surface area contributed by atoms with Gasteiger partial charge in [0.1, 0.15) is 23.3 Å². The van der Waals surface area contributed by atoms with E-state index in [0.29, 0.717) is 5.92 Å². The van der Waals surface area contributed by atoms with Crippen LogP contribution in [-0.4, -0.2) is 55.8 Å². The lowest BCUT2D eigenvalue weighted by Gasteiger charge is -2.33. The summed E-state index contributed by atoms with van der Waals surface area (Å²) in [5, 5.41) is 9.10. The lowest BCUT2D eigenvalue weighted by molar-refractivity contribution is 0.213. The maximum Gasteiger partial charge on any atom is 0.146 e. The summed E-state index contributed by atoms with van der Waals surface area (Å²) in [5.41, 5.74) is 0. The van der Waals surface area contributed by atoms with Crippen LogP contribution in [0.1, 0.15) is 55.5 Å². The molecule has 0 N–H and O–H groups in total. The van der Waals surface area contributed by atoms with Crippen molar-refractivity contribution in [3.05, 3.63) is 29.7 Å². The van der Waals surface area contributed by atoms with Crippen molar-refractivity contribution in [2.45, 2.75) is 51.5 Å². The SMILES string of the molecule is Cc1nccc(N2CCCC(c3nnc(CN4CCCCC4)n3C)C2)n1. The highest BCUT2D eigenvalue weighted by Gasteiger charge is 2.27. The van der Waals surface area contributed by atoms with Gasteiger partial charge in [0.05, 0.1) is 6.54 Å². The van der Waals surface area contributed by atoms with Crippen LogP contribution in [0.25, 0.3) is 0 Å². The average Bonchev–Trinajstić information content (AvgIpc) is 3.03. The second-order valence-corrected chi connectivity index (χ2v) is 7.62. The molecule has 0 radical (unpaired) electrons. The van der Waals surface area contributed by atoms with Crippen LogP contribution in [0.2, 0.25) is 0 Å². The molecular formula is C19H29N7. The molecule has 0 aliphatic carbocycles. The van der Waals surface area contributed by atoms with Crippen LogP contribution in [0.15, 0.2) is 12.3 Å². The van der Waals surface area contributed by atoms with Crippen LogP contribution in [0.5, 0.6) is 0 Å². The fourth-order valence-corrected chi connectivity index (χ4v) is 4.20. The second kappa shape index (κ2) is 7.70. The molecule has 0 aromatic carbocycles. The summed E-state index contributed by atoms with van der Waals surface area (Å²) in [4.78, 5) is 13.7. The minimum absolute atomic E-state index is 0.409.